The Morgan fingerprint density at radius 3 is 2.60 bits per heavy atom. The molecule has 3 rings (SSSR count). The minimum atomic E-state index is -0.471. The van der Waals surface area contributed by atoms with Gasteiger partial charge in [0.25, 0.3) is 5.91 Å². The topological polar surface area (TPSA) is 65.0 Å². The first-order valence-corrected chi connectivity index (χ1v) is 6.49. The number of hydrogen-bond donors (Lipinski definition) is 1. The number of carbonyl (C=O) groups is 2. The summed E-state index contributed by atoms with van der Waals surface area (Å²) in [5, 5.41) is 3.14. The number of hydrogen-bond acceptors (Lipinski definition) is 4. The lowest BCUT2D eigenvalue weighted by atomic mass is 10.1. The van der Waals surface area contributed by atoms with Gasteiger partial charge in [0.1, 0.15) is 11.9 Å². The average molecular weight is 272 g/mol. The van der Waals surface area contributed by atoms with Gasteiger partial charge in [-0.25, -0.2) is 9.79 Å². The summed E-state index contributed by atoms with van der Waals surface area (Å²) in [6, 6.07) is 9.12. The Balaban J connectivity index is 1.81. The first kappa shape index (κ1) is 12.7. The van der Waals surface area contributed by atoms with E-state index < -0.39 is 12.2 Å². The molecule has 20 heavy (non-hydrogen) atoms. The number of rotatable bonds is 2. The van der Waals surface area contributed by atoms with E-state index in [4.69, 9.17) is 0 Å². The van der Waals surface area contributed by atoms with Gasteiger partial charge in [0, 0.05) is 20.5 Å². The molecule has 2 atom stereocenters. The molecular weight excluding hydrogens is 256 g/mol. The van der Waals surface area contributed by atoms with Crippen LogP contribution in [0, 0.1) is 0 Å². The summed E-state index contributed by atoms with van der Waals surface area (Å²) in [5.74, 6) is 0.513. The molecule has 1 N–H and O–H groups in total. The Labute approximate surface area is 117 Å². The maximum absolute atomic E-state index is 12.1. The Morgan fingerprint density at radius 2 is 1.90 bits per heavy atom. The highest BCUT2D eigenvalue weighted by Gasteiger charge is 2.46. The van der Waals surface area contributed by atoms with Crippen LogP contribution in [0.3, 0.4) is 0 Å². The molecule has 2 aliphatic rings. The van der Waals surface area contributed by atoms with Gasteiger partial charge in [0.15, 0.2) is 6.17 Å². The standard InChI is InChI=1S/C14H16N4O2/c1-17-12-11(13(19)18(2)14(17)20)15-10(16-12)8-9-6-4-3-5-7-9/h3-7,11-12H,8H2,1-2H3,(H,15,16)/t11-,12-/m0/s1. The Morgan fingerprint density at radius 1 is 1.20 bits per heavy atom. The van der Waals surface area contributed by atoms with Crippen LogP contribution in [-0.2, 0) is 11.2 Å². The van der Waals surface area contributed by atoms with E-state index in [1.165, 1.54) is 11.9 Å². The first-order chi connectivity index (χ1) is 9.58. The summed E-state index contributed by atoms with van der Waals surface area (Å²) < 4.78 is 0. The predicted octanol–water partition coefficient (Wildman–Crippen LogP) is 0.449. The van der Waals surface area contributed by atoms with Crippen LogP contribution in [0.25, 0.3) is 0 Å². The molecule has 0 bridgehead atoms. The maximum Gasteiger partial charge on any atom is 0.328 e. The van der Waals surface area contributed by atoms with Crippen LogP contribution in [0.4, 0.5) is 4.79 Å². The molecule has 1 fully saturated rings. The van der Waals surface area contributed by atoms with E-state index in [1.807, 2.05) is 30.3 Å². The molecule has 1 aromatic carbocycles. The summed E-state index contributed by atoms with van der Waals surface area (Å²) in [4.78, 5) is 31.1. The van der Waals surface area contributed by atoms with Crippen LogP contribution < -0.4 is 5.32 Å². The smallest absolute Gasteiger partial charge is 0.328 e. The van der Waals surface area contributed by atoms with Gasteiger partial charge in [-0.1, -0.05) is 30.3 Å². The quantitative estimate of drug-likeness (QED) is 0.850. The molecule has 0 spiro atoms. The van der Waals surface area contributed by atoms with Crippen LogP contribution in [0.5, 0.6) is 0 Å². The van der Waals surface area contributed by atoms with Crippen molar-refractivity contribution in [3.8, 4) is 0 Å². The number of likely N-dealkylation sites (N-methyl/N-ethyl adjacent to an activating group) is 2. The fourth-order valence-electron chi connectivity index (χ4n) is 2.56. The fraction of sp³-hybridized carbons (Fsp3) is 0.357. The SMILES string of the molecule is CN1C(=O)[C@H]2NC(Cc3ccccc3)=N[C@H]2N(C)C1=O. The van der Waals surface area contributed by atoms with Crippen molar-refractivity contribution in [2.75, 3.05) is 14.1 Å². The number of urea groups is 1. The number of benzene rings is 1. The lowest BCUT2D eigenvalue weighted by Gasteiger charge is -2.36. The normalized spacial score (nSPS) is 25.4. The zero-order chi connectivity index (χ0) is 14.3. The number of imide groups is 1. The van der Waals surface area contributed by atoms with Gasteiger partial charge in [-0.3, -0.25) is 9.69 Å². The molecule has 3 amide bonds. The highest BCUT2D eigenvalue weighted by molar-refractivity contribution is 6.04. The van der Waals surface area contributed by atoms with E-state index in [0.717, 1.165) is 16.3 Å². The first-order valence-electron chi connectivity index (χ1n) is 6.49. The fourth-order valence-corrected chi connectivity index (χ4v) is 2.56. The molecule has 0 saturated carbocycles. The number of fused-ring (bicyclic) bond motifs is 1. The molecule has 2 aliphatic heterocycles. The van der Waals surface area contributed by atoms with E-state index >= 15 is 0 Å². The van der Waals surface area contributed by atoms with Crippen LogP contribution in [0.1, 0.15) is 5.56 Å². The maximum atomic E-state index is 12.1. The van der Waals surface area contributed by atoms with Gasteiger partial charge in [0.2, 0.25) is 0 Å². The van der Waals surface area contributed by atoms with Crippen molar-refractivity contribution < 1.29 is 9.59 Å². The summed E-state index contributed by atoms with van der Waals surface area (Å²) >= 11 is 0. The second-order valence-corrected chi connectivity index (χ2v) is 5.06. The highest BCUT2D eigenvalue weighted by Crippen LogP contribution is 2.21. The second kappa shape index (κ2) is 4.63. The van der Waals surface area contributed by atoms with Gasteiger partial charge in [-0.2, -0.15) is 0 Å². The van der Waals surface area contributed by atoms with Gasteiger partial charge >= 0.3 is 6.03 Å². The molecular formula is C14H16N4O2. The second-order valence-electron chi connectivity index (χ2n) is 5.06. The van der Waals surface area contributed by atoms with Crippen LogP contribution in [-0.4, -0.2) is 53.9 Å². The zero-order valence-corrected chi connectivity index (χ0v) is 11.4. The summed E-state index contributed by atoms with van der Waals surface area (Å²) in [6.45, 7) is 0. The number of amidine groups is 1. The van der Waals surface area contributed by atoms with Crippen molar-refractivity contribution in [1.29, 1.82) is 0 Å². The van der Waals surface area contributed by atoms with Crippen LogP contribution in [0.2, 0.25) is 0 Å². The summed E-state index contributed by atoms with van der Waals surface area (Å²) in [6.07, 6.45) is 0.192. The van der Waals surface area contributed by atoms with Crippen molar-refractivity contribution in [1.82, 2.24) is 15.1 Å². The highest BCUT2D eigenvalue weighted by atomic mass is 16.2. The van der Waals surface area contributed by atoms with E-state index in [2.05, 4.69) is 10.3 Å². The molecule has 6 heteroatoms. The largest absolute Gasteiger partial charge is 0.359 e. The Hall–Kier alpha value is -2.37. The van der Waals surface area contributed by atoms with E-state index in [1.54, 1.807) is 7.05 Å². The zero-order valence-electron chi connectivity index (χ0n) is 11.4. The molecule has 0 radical (unpaired) electrons. The van der Waals surface area contributed by atoms with Crippen molar-refractivity contribution in [3.05, 3.63) is 35.9 Å². The average Bonchev–Trinajstić information content (AvgIpc) is 2.88. The van der Waals surface area contributed by atoms with E-state index in [-0.39, 0.29) is 11.9 Å². The number of amides is 3. The molecule has 1 aromatic rings. The third-order valence-electron chi connectivity index (χ3n) is 3.70. The Bertz CT molecular complexity index is 584. The van der Waals surface area contributed by atoms with Gasteiger partial charge in [-0.05, 0) is 5.56 Å². The molecule has 6 nitrogen and oxygen atoms in total. The molecule has 104 valence electrons. The van der Waals surface area contributed by atoms with Crippen molar-refractivity contribution in [3.63, 3.8) is 0 Å². The number of nitrogens with one attached hydrogen (secondary N) is 1. The molecule has 2 heterocycles. The number of carbonyl (C=O) groups excluding carboxylic acids is 2. The third-order valence-corrected chi connectivity index (χ3v) is 3.70. The molecule has 0 aliphatic carbocycles. The van der Waals surface area contributed by atoms with Gasteiger partial charge < -0.3 is 10.2 Å². The lowest BCUT2D eigenvalue weighted by molar-refractivity contribution is -0.133. The van der Waals surface area contributed by atoms with Crippen molar-refractivity contribution in [2.45, 2.75) is 18.6 Å². The van der Waals surface area contributed by atoms with E-state index in [0.29, 0.717) is 6.42 Å². The molecule has 0 aromatic heterocycles. The summed E-state index contributed by atoms with van der Waals surface area (Å²) in [5.41, 5.74) is 1.12. The monoisotopic (exact) mass is 272 g/mol. The van der Waals surface area contributed by atoms with Crippen molar-refractivity contribution >= 4 is 17.8 Å². The van der Waals surface area contributed by atoms with Crippen molar-refractivity contribution in [2.24, 2.45) is 4.99 Å². The molecule has 0 unspecified atom stereocenters. The number of nitrogens with zero attached hydrogens (tertiary/aromatic N) is 3. The van der Waals surface area contributed by atoms with Crippen LogP contribution >= 0.6 is 0 Å². The van der Waals surface area contributed by atoms with Crippen LogP contribution in [0.15, 0.2) is 35.3 Å². The molecule has 1 saturated heterocycles. The predicted molar refractivity (Wildman–Crippen MR) is 74.2 cm³/mol. The number of aliphatic imine (C=N–C) groups is 1. The van der Waals surface area contributed by atoms with E-state index in [9.17, 15) is 9.59 Å². The third kappa shape index (κ3) is 1.93. The van der Waals surface area contributed by atoms with Gasteiger partial charge in [-0.15, -0.1) is 0 Å². The lowest BCUT2D eigenvalue weighted by Crippen LogP contribution is -2.63. The summed E-state index contributed by atoms with van der Waals surface area (Å²) in [7, 11) is 3.16. The Kier molecular flexibility index (Phi) is 2.93. The minimum Gasteiger partial charge on any atom is -0.359 e. The van der Waals surface area contributed by atoms with Gasteiger partial charge in [0.05, 0.1) is 0 Å². The minimum absolute atomic E-state index is 0.232.